The number of aromatic nitrogens is 1. The Morgan fingerprint density at radius 2 is 1.83 bits per heavy atom. The first-order valence-electron chi connectivity index (χ1n) is 6.13. The van der Waals surface area contributed by atoms with Crippen molar-refractivity contribution >= 4 is 17.4 Å². The Bertz CT molecular complexity index is 468. The van der Waals surface area contributed by atoms with Gasteiger partial charge in [0.15, 0.2) is 0 Å². The highest BCUT2D eigenvalue weighted by atomic mass is 35.5. The Balaban J connectivity index is 2.12. The maximum atomic E-state index is 5.77. The second-order valence-electron chi connectivity index (χ2n) is 4.16. The normalized spacial score (nSPS) is 10.3. The highest BCUT2D eigenvalue weighted by molar-refractivity contribution is 6.17. The van der Waals surface area contributed by atoms with Gasteiger partial charge in [-0.05, 0) is 24.1 Å². The largest absolute Gasteiger partial charge is 0.353 e. The Kier molecular flexibility index (Phi) is 4.59. The summed E-state index contributed by atoms with van der Waals surface area (Å²) < 4.78 is 0. The number of anilines is 1. The van der Waals surface area contributed by atoms with Crippen LogP contribution in [0.15, 0.2) is 48.7 Å². The third-order valence-corrected chi connectivity index (χ3v) is 3.19. The quantitative estimate of drug-likeness (QED) is 0.760. The van der Waals surface area contributed by atoms with Gasteiger partial charge in [0.2, 0.25) is 0 Å². The van der Waals surface area contributed by atoms with E-state index in [-0.39, 0.29) is 0 Å². The first-order chi connectivity index (χ1) is 8.83. The molecule has 0 fully saturated rings. The molecule has 0 N–H and O–H groups in total. The summed E-state index contributed by atoms with van der Waals surface area (Å²) >= 11 is 5.77. The molecule has 18 heavy (non-hydrogen) atoms. The van der Waals surface area contributed by atoms with Crippen LogP contribution in [0.5, 0.6) is 0 Å². The lowest BCUT2D eigenvalue weighted by Gasteiger charge is -2.22. The third-order valence-electron chi connectivity index (χ3n) is 2.89. The standard InChI is InChI=1S/C15H17ClN2/c1-2-18(12-13-6-4-3-5-7-13)15-9-8-14(10-16)11-17-15/h3-9,11H,2,10,12H2,1H3. The van der Waals surface area contributed by atoms with Crippen LogP contribution in [0, 0.1) is 0 Å². The predicted octanol–water partition coefficient (Wildman–Crippen LogP) is 3.85. The number of nitrogens with zero attached hydrogens (tertiary/aromatic N) is 2. The van der Waals surface area contributed by atoms with Crippen LogP contribution in [0.3, 0.4) is 0 Å². The maximum absolute atomic E-state index is 5.77. The first-order valence-corrected chi connectivity index (χ1v) is 6.66. The lowest BCUT2D eigenvalue weighted by molar-refractivity contribution is 0.813. The van der Waals surface area contributed by atoms with Crippen LogP contribution < -0.4 is 4.90 Å². The summed E-state index contributed by atoms with van der Waals surface area (Å²) in [7, 11) is 0. The molecule has 0 atom stereocenters. The van der Waals surface area contributed by atoms with Crippen molar-refractivity contribution in [3.05, 3.63) is 59.8 Å². The summed E-state index contributed by atoms with van der Waals surface area (Å²) in [6, 6.07) is 14.5. The van der Waals surface area contributed by atoms with Gasteiger partial charge in [0.05, 0.1) is 0 Å². The lowest BCUT2D eigenvalue weighted by atomic mass is 10.2. The van der Waals surface area contributed by atoms with Crippen molar-refractivity contribution in [1.29, 1.82) is 0 Å². The van der Waals surface area contributed by atoms with E-state index in [1.54, 1.807) is 0 Å². The van der Waals surface area contributed by atoms with Gasteiger partial charge >= 0.3 is 0 Å². The maximum Gasteiger partial charge on any atom is 0.128 e. The minimum Gasteiger partial charge on any atom is -0.353 e. The van der Waals surface area contributed by atoms with Crippen molar-refractivity contribution in [2.24, 2.45) is 0 Å². The van der Waals surface area contributed by atoms with Crippen molar-refractivity contribution in [3.63, 3.8) is 0 Å². The Morgan fingerprint density at radius 1 is 1.06 bits per heavy atom. The van der Waals surface area contributed by atoms with Crippen LogP contribution >= 0.6 is 11.6 Å². The number of halogens is 1. The number of rotatable bonds is 5. The lowest BCUT2D eigenvalue weighted by Crippen LogP contribution is -2.22. The summed E-state index contributed by atoms with van der Waals surface area (Å²) in [5.74, 6) is 1.51. The van der Waals surface area contributed by atoms with Gasteiger partial charge in [-0.3, -0.25) is 0 Å². The number of alkyl halides is 1. The molecular weight excluding hydrogens is 244 g/mol. The Hall–Kier alpha value is -1.54. The van der Waals surface area contributed by atoms with E-state index in [0.29, 0.717) is 5.88 Å². The average Bonchev–Trinajstić information content (AvgIpc) is 2.46. The van der Waals surface area contributed by atoms with Crippen molar-refractivity contribution in [2.45, 2.75) is 19.3 Å². The molecule has 0 saturated heterocycles. The second-order valence-corrected chi connectivity index (χ2v) is 4.43. The molecule has 0 unspecified atom stereocenters. The molecule has 0 bridgehead atoms. The molecule has 0 amide bonds. The Labute approximate surface area is 113 Å². The number of hydrogen-bond donors (Lipinski definition) is 0. The van der Waals surface area contributed by atoms with Crippen LogP contribution in [0.4, 0.5) is 5.82 Å². The summed E-state index contributed by atoms with van der Waals surface area (Å²) in [5.41, 5.74) is 2.35. The zero-order chi connectivity index (χ0) is 12.8. The molecule has 2 rings (SSSR count). The van der Waals surface area contributed by atoms with Crippen LogP contribution in [-0.4, -0.2) is 11.5 Å². The van der Waals surface area contributed by atoms with E-state index < -0.39 is 0 Å². The van der Waals surface area contributed by atoms with E-state index in [1.165, 1.54) is 5.56 Å². The van der Waals surface area contributed by atoms with Crippen molar-refractivity contribution in [2.75, 3.05) is 11.4 Å². The molecule has 1 aromatic heterocycles. The molecule has 0 aliphatic heterocycles. The summed E-state index contributed by atoms with van der Waals surface area (Å²) in [4.78, 5) is 6.70. The van der Waals surface area contributed by atoms with E-state index in [9.17, 15) is 0 Å². The van der Waals surface area contributed by atoms with Crippen LogP contribution in [0.1, 0.15) is 18.1 Å². The van der Waals surface area contributed by atoms with Gasteiger partial charge in [-0.15, -0.1) is 11.6 Å². The Morgan fingerprint density at radius 3 is 2.39 bits per heavy atom. The number of pyridine rings is 1. The van der Waals surface area contributed by atoms with Crippen LogP contribution in [0.2, 0.25) is 0 Å². The number of hydrogen-bond acceptors (Lipinski definition) is 2. The fraction of sp³-hybridized carbons (Fsp3) is 0.267. The highest BCUT2D eigenvalue weighted by Gasteiger charge is 2.06. The van der Waals surface area contributed by atoms with Gasteiger partial charge in [0.25, 0.3) is 0 Å². The first kappa shape index (κ1) is 12.9. The van der Waals surface area contributed by atoms with Crippen LogP contribution in [0.25, 0.3) is 0 Å². The molecule has 94 valence electrons. The van der Waals surface area contributed by atoms with Gasteiger partial charge in [0.1, 0.15) is 5.82 Å². The molecule has 0 radical (unpaired) electrons. The van der Waals surface area contributed by atoms with E-state index in [0.717, 1.165) is 24.5 Å². The molecule has 0 saturated carbocycles. The molecular formula is C15H17ClN2. The summed E-state index contributed by atoms with van der Waals surface area (Å²) in [6.45, 7) is 3.95. The monoisotopic (exact) mass is 260 g/mol. The van der Waals surface area contributed by atoms with Gasteiger partial charge in [0, 0.05) is 25.2 Å². The summed E-state index contributed by atoms with van der Waals surface area (Å²) in [6.07, 6.45) is 1.84. The summed E-state index contributed by atoms with van der Waals surface area (Å²) in [5, 5.41) is 0. The van der Waals surface area contributed by atoms with E-state index in [2.05, 4.69) is 41.1 Å². The molecule has 3 heteroatoms. The highest BCUT2D eigenvalue weighted by Crippen LogP contribution is 2.15. The van der Waals surface area contributed by atoms with Crippen molar-refractivity contribution in [1.82, 2.24) is 4.98 Å². The van der Waals surface area contributed by atoms with E-state index in [4.69, 9.17) is 11.6 Å². The second kappa shape index (κ2) is 6.41. The van der Waals surface area contributed by atoms with Crippen LogP contribution in [-0.2, 0) is 12.4 Å². The topological polar surface area (TPSA) is 16.1 Å². The molecule has 2 nitrogen and oxygen atoms in total. The fourth-order valence-electron chi connectivity index (χ4n) is 1.84. The molecule has 2 aromatic rings. The van der Waals surface area contributed by atoms with Gasteiger partial charge in [-0.2, -0.15) is 0 Å². The van der Waals surface area contributed by atoms with E-state index in [1.807, 2.05) is 24.4 Å². The molecule has 0 aliphatic carbocycles. The van der Waals surface area contributed by atoms with Gasteiger partial charge in [-0.25, -0.2) is 4.98 Å². The SMILES string of the molecule is CCN(Cc1ccccc1)c1ccc(CCl)cn1. The molecule has 0 aliphatic rings. The number of benzene rings is 1. The predicted molar refractivity (Wildman–Crippen MR) is 77.0 cm³/mol. The molecule has 1 heterocycles. The average molecular weight is 261 g/mol. The van der Waals surface area contributed by atoms with E-state index >= 15 is 0 Å². The third kappa shape index (κ3) is 3.23. The van der Waals surface area contributed by atoms with Gasteiger partial charge in [-0.1, -0.05) is 36.4 Å². The van der Waals surface area contributed by atoms with Crippen molar-refractivity contribution < 1.29 is 0 Å². The smallest absolute Gasteiger partial charge is 0.128 e. The molecule has 1 aromatic carbocycles. The zero-order valence-electron chi connectivity index (χ0n) is 10.5. The molecule has 0 spiro atoms. The van der Waals surface area contributed by atoms with Crippen molar-refractivity contribution in [3.8, 4) is 0 Å². The fourth-order valence-corrected chi connectivity index (χ4v) is 2.00. The minimum absolute atomic E-state index is 0.512. The van der Waals surface area contributed by atoms with Gasteiger partial charge < -0.3 is 4.90 Å². The minimum atomic E-state index is 0.512. The zero-order valence-corrected chi connectivity index (χ0v) is 11.3.